The van der Waals surface area contributed by atoms with Gasteiger partial charge in [0.05, 0.1) is 35.3 Å². The summed E-state index contributed by atoms with van der Waals surface area (Å²) in [6.45, 7) is 0.577. The van der Waals surface area contributed by atoms with Crippen LogP contribution >= 0.6 is 23.4 Å². The van der Waals surface area contributed by atoms with E-state index in [-0.39, 0.29) is 23.5 Å². The Labute approximate surface area is 212 Å². The quantitative estimate of drug-likeness (QED) is 0.360. The number of carbonyl (C=O) groups is 1. The van der Waals surface area contributed by atoms with E-state index in [1.165, 1.54) is 0 Å². The van der Waals surface area contributed by atoms with E-state index in [1.807, 2.05) is 48.7 Å². The highest BCUT2D eigenvalue weighted by atomic mass is 35.5. The van der Waals surface area contributed by atoms with Gasteiger partial charge >= 0.3 is 0 Å². The average molecular weight is 527 g/mol. The minimum Gasteiger partial charge on any atom is -0.348 e. The molecule has 1 unspecified atom stereocenters. The van der Waals surface area contributed by atoms with Crippen molar-refractivity contribution in [3.05, 3.63) is 88.7 Å². The van der Waals surface area contributed by atoms with Crippen molar-refractivity contribution in [1.82, 2.24) is 19.9 Å². The minimum atomic E-state index is -3.04. The summed E-state index contributed by atoms with van der Waals surface area (Å²) < 4.78 is 25.4. The van der Waals surface area contributed by atoms with Crippen molar-refractivity contribution in [2.24, 2.45) is 0 Å². The maximum atomic E-state index is 12.6. The molecule has 1 saturated heterocycles. The molecule has 2 aromatic heterocycles. The van der Waals surface area contributed by atoms with Crippen molar-refractivity contribution in [1.29, 1.82) is 0 Å². The number of benzene rings is 2. The van der Waals surface area contributed by atoms with E-state index >= 15 is 0 Å². The number of nitrogens with zero attached hydrogens (tertiary/aromatic N) is 3. The molecule has 0 saturated carbocycles. The lowest BCUT2D eigenvalue weighted by atomic mass is 10.1. The molecule has 1 N–H and O–H groups in total. The van der Waals surface area contributed by atoms with Crippen LogP contribution in [0.5, 0.6) is 0 Å². The van der Waals surface area contributed by atoms with Crippen LogP contribution in [-0.2, 0) is 22.1 Å². The molecule has 180 valence electrons. The standard InChI is InChI=1S/C25H23ClN4O3S2/c26-20-7-3-18(4-8-20)15-34-25-29-22-9-11-27-13-23(22)30(25)14-17-1-5-19(6-2-17)24(31)28-21-10-12-35(32,33)16-21/h1-9,11,13,21H,10,12,14-16H2,(H,28,31). The lowest BCUT2D eigenvalue weighted by molar-refractivity contribution is 0.0941. The fourth-order valence-corrected chi connectivity index (χ4v) is 6.83. The van der Waals surface area contributed by atoms with Gasteiger partial charge in [0.2, 0.25) is 0 Å². The van der Waals surface area contributed by atoms with Crippen LogP contribution in [-0.4, -0.2) is 46.4 Å². The van der Waals surface area contributed by atoms with Crippen LogP contribution in [0, 0.1) is 0 Å². The largest absolute Gasteiger partial charge is 0.348 e. The Kier molecular flexibility index (Phi) is 6.82. The van der Waals surface area contributed by atoms with Crippen LogP contribution in [0.3, 0.4) is 0 Å². The first kappa shape index (κ1) is 23.8. The summed E-state index contributed by atoms with van der Waals surface area (Å²) in [5.74, 6) is 0.636. The van der Waals surface area contributed by atoms with E-state index in [0.717, 1.165) is 33.1 Å². The number of aromatic nitrogens is 3. The van der Waals surface area contributed by atoms with Crippen molar-refractivity contribution >= 4 is 50.1 Å². The van der Waals surface area contributed by atoms with Crippen molar-refractivity contribution in [2.75, 3.05) is 11.5 Å². The number of fused-ring (bicyclic) bond motifs is 1. The normalized spacial score (nSPS) is 17.0. The number of sulfone groups is 1. The Morgan fingerprint density at radius 1 is 1.09 bits per heavy atom. The van der Waals surface area contributed by atoms with Crippen LogP contribution in [0.25, 0.3) is 11.0 Å². The zero-order valence-corrected chi connectivity index (χ0v) is 21.1. The number of pyridine rings is 1. The lowest BCUT2D eigenvalue weighted by Crippen LogP contribution is -2.35. The van der Waals surface area contributed by atoms with Gasteiger partial charge in [-0.05, 0) is 47.9 Å². The van der Waals surface area contributed by atoms with Crippen LogP contribution in [0.4, 0.5) is 0 Å². The van der Waals surface area contributed by atoms with Crippen LogP contribution in [0.2, 0.25) is 5.02 Å². The van der Waals surface area contributed by atoms with Gasteiger partial charge in [0.15, 0.2) is 15.0 Å². The molecule has 2 aromatic carbocycles. The van der Waals surface area contributed by atoms with Gasteiger partial charge in [-0.1, -0.05) is 47.6 Å². The lowest BCUT2D eigenvalue weighted by Gasteiger charge is -2.12. The number of hydrogen-bond acceptors (Lipinski definition) is 6. The SMILES string of the molecule is O=C(NC1CCS(=O)(=O)C1)c1ccc(Cn2c(SCc3ccc(Cl)cc3)nc3ccncc32)cc1. The molecule has 1 fully saturated rings. The number of carbonyl (C=O) groups excluding carboxylic acids is 1. The Bertz CT molecular complexity index is 1470. The summed E-state index contributed by atoms with van der Waals surface area (Å²) in [6, 6.07) is 16.7. The number of rotatable bonds is 7. The van der Waals surface area contributed by atoms with Crippen LogP contribution in [0.15, 0.2) is 72.1 Å². The first-order valence-electron chi connectivity index (χ1n) is 11.1. The minimum absolute atomic E-state index is 0.00896. The third-order valence-electron chi connectivity index (χ3n) is 5.92. The zero-order chi connectivity index (χ0) is 24.4. The summed E-state index contributed by atoms with van der Waals surface area (Å²) in [5, 5.41) is 4.42. The van der Waals surface area contributed by atoms with Gasteiger partial charge in [-0.25, -0.2) is 13.4 Å². The number of halogens is 1. The molecule has 0 bridgehead atoms. The number of amides is 1. The number of thioether (sulfide) groups is 1. The van der Waals surface area contributed by atoms with Crippen LogP contribution in [0.1, 0.15) is 27.9 Å². The van der Waals surface area contributed by atoms with Gasteiger partial charge in [-0.3, -0.25) is 9.78 Å². The Morgan fingerprint density at radius 3 is 2.54 bits per heavy atom. The monoisotopic (exact) mass is 526 g/mol. The van der Waals surface area contributed by atoms with Gasteiger partial charge in [0.1, 0.15) is 0 Å². The van der Waals surface area contributed by atoms with E-state index in [2.05, 4.69) is 14.9 Å². The summed E-state index contributed by atoms with van der Waals surface area (Å²) in [6.07, 6.45) is 4.01. The molecular weight excluding hydrogens is 504 g/mol. The molecule has 1 aliphatic rings. The molecule has 0 aliphatic carbocycles. The molecule has 5 rings (SSSR count). The second-order valence-corrected chi connectivity index (χ2v) is 12.1. The Hall–Kier alpha value is -2.88. The van der Waals surface area contributed by atoms with Gasteiger partial charge in [-0.15, -0.1) is 0 Å². The first-order valence-corrected chi connectivity index (χ1v) is 14.3. The first-order chi connectivity index (χ1) is 16.9. The van der Waals surface area contributed by atoms with E-state index in [4.69, 9.17) is 16.6 Å². The van der Waals surface area contributed by atoms with Gasteiger partial charge < -0.3 is 9.88 Å². The van der Waals surface area contributed by atoms with Crippen molar-refractivity contribution in [3.8, 4) is 0 Å². The molecule has 7 nitrogen and oxygen atoms in total. The fraction of sp³-hybridized carbons (Fsp3) is 0.240. The highest BCUT2D eigenvalue weighted by Crippen LogP contribution is 2.28. The second kappa shape index (κ2) is 10.0. The summed E-state index contributed by atoms with van der Waals surface area (Å²) in [7, 11) is -3.04. The summed E-state index contributed by atoms with van der Waals surface area (Å²) in [5.41, 5.74) is 4.49. The summed E-state index contributed by atoms with van der Waals surface area (Å²) in [4.78, 5) is 21.6. The van der Waals surface area contributed by atoms with Crippen molar-refractivity contribution in [3.63, 3.8) is 0 Å². The smallest absolute Gasteiger partial charge is 0.251 e. The summed E-state index contributed by atoms with van der Waals surface area (Å²) >= 11 is 7.65. The van der Waals surface area contributed by atoms with Gasteiger partial charge in [0, 0.05) is 28.6 Å². The van der Waals surface area contributed by atoms with Crippen LogP contribution < -0.4 is 5.32 Å². The molecule has 1 amide bonds. The number of hydrogen-bond donors (Lipinski definition) is 1. The van der Waals surface area contributed by atoms with Crippen molar-refractivity contribution < 1.29 is 13.2 Å². The highest BCUT2D eigenvalue weighted by molar-refractivity contribution is 7.98. The third kappa shape index (κ3) is 5.69. The molecule has 0 radical (unpaired) electrons. The van der Waals surface area contributed by atoms with Crippen molar-refractivity contribution in [2.45, 2.75) is 29.9 Å². The molecule has 1 atom stereocenters. The fourth-order valence-electron chi connectivity index (χ4n) is 4.06. The Morgan fingerprint density at radius 2 is 1.83 bits per heavy atom. The topological polar surface area (TPSA) is 94.0 Å². The maximum Gasteiger partial charge on any atom is 0.251 e. The maximum absolute atomic E-state index is 12.6. The van der Waals surface area contributed by atoms with Gasteiger partial charge in [0.25, 0.3) is 5.91 Å². The molecule has 4 aromatic rings. The Balaban J connectivity index is 1.31. The van der Waals surface area contributed by atoms with E-state index in [0.29, 0.717) is 23.6 Å². The van der Waals surface area contributed by atoms with E-state index < -0.39 is 9.84 Å². The number of nitrogens with one attached hydrogen (secondary N) is 1. The predicted molar refractivity (Wildman–Crippen MR) is 139 cm³/mol. The average Bonchev–Trinajstić information content (AvgIpc) is 3.38. The third-order valence-corrected chi connectivity index (χ3v) is 8.99. The van der Waals surface area contributed by atoms with E-state index in [1.54, 1.807) is 30.1 Å². The zero-order valence-electron chi connectivity index (χ0n) is 18.7. The molecular formula is C25H23ClN4O3S2. The molecule has 3 heterocycles. The molecule has 0 spiro atoms. The van der Waals surface area contributed by atoms with E-state index in [9.17, 15) is 13.2 Å². The molecule has 1 aliphatic heterocycles. The number of imidazole rings is 1. The molecule has 10 heteroatoms. The predicted octanol–water partition coefficient (Wildman–Crippen LogP) is 4.34. The van der Waals surface area contributed by atoms with Gasteiger partial charge in [-0.2, -0.15) is 0 Å². The second-order valence-electron chi connectivity index (χ2n) is 8.53. The molecule has 35 heavy (non-hydrogen) atoms. The highest BCUT2D eigenvalue weighted by Gasteiger charge is 2.29.